The largest absolute Gasteiger partial charge is 0.353 e. The summed E-state index contributed by atoms with van der Waals surface area (Å²) in [5.41, 5.74) is 11.3. The zero-order valence-electron chi connectivity index (χ0n) is 7.68. The van der Waals surface area contributed by atoms with Crippen LogP contribution >= 0.6 is 0 Å². The highest BCUT2D eigenvalue weighted by Crippen LogP contribution is 2.54. The lowest BCUT2D eigenvalue weighted by molar-refractivity contribution is -0.505. The van der Waals surface area contributed by atoms with Crippen molar-refractivity contribution in [3.63, 3.8) is 0 Å². The molecule has 2 heteroatoms. The molecule has 0 saturated heterocycles. The second-order valence-corrected chi connectivity index (χ2v) is 5.82. The molecule has 68 valence electrons. The summed E-state index contributed by atoms with van der Waals surface area (Å²) < 4.78 is 0. The summed E-state index contributed by atoms with van der Waals surface area (Å²) in [4.78, 5) is 0. The Balaban J connectivity index is 1.98. The average molecular weight is 167 g/mol. The third kappa shape index (κ3) is 0.882. The predicted octanol–water partition coefficient (Wildman–Crippen LogP) is 0.278. The van der Waals surface area contributed by atoms with Crippen LogP contribution < -0.4 is 11.5 Å². The van der Waals surface area contributed by atoms with E-state index in [9.17, 15) is 0 Å². The van der Waals surface area contributed by atoms with Crippen molar-refractivity contribution in [1.82, 2.24) is 0 Å². The molecule has 0 aliphatic heterocycles. The fourth-order valence-corrected chi connectivity index (χ4v) is 4.53. The number of hydrogen-bond donors (Lipinski definition) is 2. The molecule has 2 unspecified atom stereocenters. The zero-order chi connectivity index (χ0) is 8.40. The van der Waals surface area contributed by atoms with E-state index in [0.717, 1.165) is 11.8 Å². The summed E-state index contributed by atoms with van der Waals surface area (Å²) >= 11 is 0. The first-order valence-electron chi connectivity index (χ1n) is 5.21. The van der Waals surface area contributed by atoms with Crippen LogP contribution in [0.15, 0.2) is 0 Å². The summed E-state index contributed by atoms with van der Waals surface area (Å²) in [7, 11) is 0. The van der Waals surface area contributed by atoms with Crippen molar-refractivity contribution in [2.75, 3.05) is 0 Å². The third-order valence-electron chi connectivity index (χ3n) is 4.23. The standard InChI is InChI=1S/C10H18N2/c11-9-2-7-1-8(4-9)5-10(12,3-7)6-9/h7-8H,1-6,11-12H2/p+1. The van der Waals surface area contributed by atoms with Gasteiger partial charge in [-0.2, -0.15) is 0 Å². The first-order valence-corrected chi connectivity index (χ1v) is 5.21. The first-order chi connectivity index (χ1) is 5.57. The molecule has 4 aliphatic carbocycles. The maximum Gasteiger partial charge on any atom is 0.0968 e. The SMILES string of the molecule is NC12CC3CC(C1)CC([NH3+])(C3)C2. The number of rotatable bonds is 0. The fraction of sp³-hybridized carbons (Fsp3) is 1.00. The Hall–Kier alpha value is -0.0800. The lowest BCUT2D eigenvalue weighted by Gasteiger charge is -2.57. The van der Waals surface area contributed by atoms with Gasteiger partial charge in [0, 0.05) is 24.8 Å². The minimum Gasteiger partial charge on any atom is -0.353 e. The van der Waals surface area contributed by atoms with Gasteiger partial charge in [0.1, 0.15) is 0 Å². The van der Waals surface area contributed by atoms with Gasteiger partial charge in [0.15, 0.2) is 0 Å². The third-order valence-corrected chi connectivity index (χ3v) is 4.23. The molecule has 4 fully saturated rings. The van der Waals surface area contributed by atoms with Gasteiger partial charge in [-0.1, -0.05) is 0 Å². The Morgan fingerprint density at radius 2 is 1.67 bits per heavy atom. The van der Waals surface area contributed by atoms with Gasteiger partial charge >= 0.3 is 0 Å². The van der Waals surface area contributed by atoms with Crippen LogP contribution in [0.5, 0.6) is 0 Å². The summed E-state index contributed by atoms with van der Waals surface area (Å²) in [6.07, 6.45) is 7.97. The van der Waals surface area contributed by atoms with E-state index in [2.05, 4.69) is 5.73 Å². The van der Waals surface area contributed by atoms with Crippen LogP contribution in [0, 0.1) is 11.8 Å². The molecule has 4 bridgehead atoms. The van der Waals surface area contributed by atoms with Gasteiger partial charge in [-0.25, -0.2) is 0 Å². The molecule has 0 aromatic rings. The molecule has 4 aliphatic rings. The molecule has 0 heterocycles. The molecule has 0 spiro atoms. The molecule has 4 saturated carbocycles. The minimum absolute atomic E-state index is 0.200. The Kier molecular flexibility index (Phi) is 1.15. The molecule has 4 rings (SSSR count). The highest BCUT2D eigenvalue weighted by molar-refractivity contribution is 5.10. The van der Waals surface area contributed by atoms with Crippen LogP contribution in [0.1, 0.15) is 38.5 Å². The van der Waals surface area contributed by atoms with E-state index in [4.69, 9.17) is 5.73 Å². The van der Waals surface area contributed by atoms with Crippen molar-refractivity contribution in [2.24, 2.45) is 17.6 Å². The molecule has 0 aromatic heterocycles. The van der Waals surface area contributed by atoms with Gasteiger partial charge < -0.3 is 11.5 Å². The van der Waals surface area contributed by atoms with Gasteiger partial charge in [0.2, 0.25) is 0 Å². The van der Waals surface area contributed by atoms with Crippen LogP contribution in [0.25, 0.3) is 0 Å². The van der Waals surface area contributed by atoms with Crippen molar-refractivity contribution in [1.29, 1.82) is 0 Å². The van der Waals surface area contributed by atoms with Gasteiger partial charge in [0.25, 0.3) is 0 Å². The second-order valence-electron chi connectivity index (χ2n) is 5.82. The van der Waals surface area contributed by atoms with E-state index in [-0.39, 0.29) is 5.54 Å². The number of hydrogen-bond acceptors (Lipinski definition) is 1. The summed E-state index contributed by atoms with van der Waals surface area (Å²) in [5.74, 6) is 1.85. The first kappa shape index (κ1) is 7.34. The minimum atomic E-state index is 0.200. The molecular formula is C10H19N2+. The normalized spacial score (nSPS) is 62.5. The second kappa shape index (κ2) is 1.88. The molecular weight excluding hydrogens is 148 g/mol. The highest BCUT2D eigenvalue weighted by Gasteiger charge is 2.56. The molecule has 0 amide bonds. The van der Waals surface area contributed by atoms with Gasteiger partial charge in [-0.15, -0.1) is 0 Å². The Morgan fingerprint density at radius 3 is 2.08 bits per heavy atom. The van der Waals surface area contributed by atoms with Gasteiger partial charge in [0.05, 0.1) is 5.54 Å². The van der Waals surface area contributed by atoms with E-state index < -0.39 is 0 Å². The van der Waals surface area contributed by atoms with Gasteiger partial charge in [-0.3, -0.25) is 0 Å². The van der Waals surface area contributed by atoms with Crippen LogP contribution in [0.3, 0.4) is 0 Å². The summed E-state index contributed by atoms with van der Waals surface area (Å²) in [6.45, 7) is 0. The Labute approximate surface area is 73.7 Å². The lowest BCUT2D eigenvalue weighted by atomic mass is 9.50. The highest BCUT2D eigenvalue weighted by atomic mass is 14.9. The van der Waals surface area contributed by atoms with Crippen molar-refractivity contribution < 1.29 is 5.73 Å². The van der Waals surface area contributed by atoms with Crippen molar-refractivity contribution >= 4 is 0 Å². The van der Waals surface area contributed by atoms with E-state index in [1.807, 2.05) is 0 Å². The van der Waals surface area contributed by atoms with Gasteiger partial charge in [-0.05, 0) is 31.1 Å². The van der Waals surface area contributed by atoms with E-state index >= 15 is 0 Å². The van der Waals surface area contributed by atoms with Crippen LogP contribution in [0.2, 0.25) is 0 Å². The predicted molar refractivity (Wildman–Crippen MR) is 47.2 cm³/mol. The van der Waals surface area contributed by atoms with Crippen LogP contribution in [0.4, 0.5) is 0 Å². The number of nitrogens with two attached hydrogens (primary N) is 1. The van der Waals surface area contributed by atoms with Crippen LogP contribution in [-0.2, 0) is 0 Å². The smallest absolute Gasteiger partial charge is 0.0968 e. The topological polar surface area (TPSA) is 53.7 Å². The Morgan fingerprint density at radius 1 is 1.08 bits per heavy atom. The van der Waals surface area contributed by atoms with Crippen LogP contribution in [-0.4, -0.2) is 11.1 Å². The summed E-state index contributed by atoms with van der Waals surface area (Å²) in [6, 6.07) is 0. The van der Waals surface area contributed by atoms with E-state index in [1.54, 1.807) is 0 Å². The maximum absolute atomic E-state index is 6.37. The molecule has 2 atom stereocenters. The van der Waals surface area contributed by atoms with E-state index in [0.29, 0.717) is 5.54 Å². The quantitative estimate of drug-likeness (QED) is 0.535. The zero-order valence-corrected chi connectivity index (χ0v) is 7.68. The average Bonchev–Trinajstić information content (AvgIpc) is 1.75. The Bertz CT molecular complexity index is 190. The lowest BCUT2D eigenvalue weighted by Crippen LogP contribution is -2.81. The van der Waals surface area contributed by atoms with Crippen molar-refractivity contribution in [2.45, 2.75) is 49.6 Å². The molecule has 12 heavy (non-hydrogen) atoms. The van der Waals surface area contributed by atoms with Crippen molar-refractivity contribution in [3.8, 4) is 0 Å². The summed E-state index contributed by atoms with van der Waals surface area (Å²) in [5, 5.41) is 0. The fourth-order valence-electron chi connectivity index (χ4n) is 4.53. The molecule has 5 N–H and O–H groups in total. The molecule has 0 aromatic carbocycles. The molecule has 0 radical (unpaired) electrons. The number of quaternary nitrogens is 1. The monoisotopic (exact) mass is 167 g/mol. The van der Waals surface area contributed by atoms with E-state index in [1.165, 1.54) is 38.5 Å². The molecule has 2 nitrogen and oxygen atoms in total. The van der Waals surface area contributed by atoms with Crippen molar-refractivity contribution in [3.05, 3.63) is 0 Å². The maximum atomic E-state index is 6.37.